The fourth-order valence-corrected chi connectivity index (χ4v) is 5.71. The molecule has 3 aromatic carbocycles. The normalized spacial score (nSPS) is 11.2. The van der Waals surface area contributed by atoms with E-state index in [1.165, 1.54) is 36.0 Å². The third-order valence-electron chi connectivity index (χ3n) is 5.28. The molecule has 0 fully saturated rings. The van der Waals surface area contributed by atoms with Gasteiger partial charge in [0, 0.05) is 38.5 Å². The number of halogens is 1. The van der Waals surface area contributed by atoms with E-state index in [0.717, 1.165) is 21.1 Å². The molecule has 0 aliphatic rings. The first-order valence-electron chi connectivity index (χ1n) is 11.2. The summed E-state index contributed by atoms with van der Waals surface area (Å²) >= 11 is 4.65. The second kappa shape index (κ2) is 11.1. The number of hydrogen-bond donors (Lipinski definition) is 4. The average Bonchev–Trinajstić information content (AvgIpc) is 3.40. The number of nitrogens with one attached hydrogen (secondary N) is 4. The molecule has 0 aliphatic carbocycles. The van der Waals surface area contributed by atoms with Gasteiger partial charge in [-0.2, -0.15) is 0 Å². The standard InChI is InChI=1S/C25H20BrN7O3S2/c26-16-2-1-3-18(12-16)32-24-21-13-19(6-9-22(21)29-15-30-24)31-23(34)14-28-17-4-7-20(8-5-17)38(35,36)33-25-27-10-11-37-25/h1-13,15,28H,14H2,(H,27,33)(H,31,34)(H,29,30,32). The quantitative estimate of drug-likeness (QED) is 0.173. The summed E-state index contributed by atoms with van der Waals surface area (Å²) in [7, 11) is -3.74. The van der Waals surface area contributed by atoms with E-state index < -0.39 is 10.0 Å². The second-order valence-electron chi connectivity index (χ2n) is 7.96. The number of rotatable bonds is 9. The van der Waals surface area contributed by atoms with Crippen LogP contribution in [-0.4, -0.2) is 35.8 Å². The number of carbonyl (C=O) groups excluding carboxylic acids is 1. The highest BCUT2D eigenvalue weighted by atomic mass is 79.9. The topological polar surface area (TPSA) is 138 Å². The molecule has 13 heteroatoms. The summed E-state index contributed by atoms with van der Waals surface area (Å²) in [4.78, 5) is 25.3. The number of hydrogen-bond acceptors (Lipinski definition) is 9. The molecule has 0 radical (unpaired) electrons. The minimum atomic E-state index is -3.74. The van der Waals surface area contributed by atoms with Crippen LogP contribution in [0.2, 0.25) is 0 Å². The Morgan fingerprint density at radius 2 is 1.74 bits per heavy atom. The zero-order chi connectivity index (χ0) is 26.5. The number of amides is 1. The molecule has 0 saturated carbocycles. The van der Waals surface area contributed by atoms with Gasteiger partial charge in [0.25, 0.3) is 10.0 Å². The molecule has 2 aromatic heterocycles. The van der Waals surface area contributed by atoms with Crippen LogP contribution < -0.4 is 20.7 Å². The van der Waals surface area contributed by atoms with E-state index in [2.05, 4.69) is 51.6 Å². The van der Waals surface area contributed by atoms with Crippen LogP contribution in [0.15, 0.2) is 94.0 Å². The number of anilines is 5. The van der Waals surface area contributed by atoms with Gasteiger partial charge >= 0.3 is 0 Å². The van der Waals surface area contributed by atoms with Crippen LogP contribution in [0, 0.1) is 0 Å². The Bertz CT molecular complexity index is 1700. The van der Waals surface area contributed by atoms with Gasteiger partial charge in [-0.25, -0.2) is 23.4 Å². The van der Waals surface area contributed by atoms with Crippen molar-refractivity contribution in [2.75, 3.05) is 27.2 Å². The van der Waals surface area contributed by atoms with Crippen LogP contribution in [0.4, 0.5) is 28.0 Å². The maximum absolute atomic E-state index is 12.6. The summed E-state index contributed by atoms with van der Waals surface area (Å²) in [6.45, 7) is -0.0179. The lowest BCUT2D eigenvalue weighted by molar-refractivity contribution is -0.114. The molecule has 0 spiro atoms. The van der Waals surface area contributed by atoms with E-state index in [4.69, 9.17) is 0 Å². The van der Waals surface area contributed by atoms with E-state index in [-0.39, 0.29) is 17.3 Å². The maximum Gasteiger partial charge on any atom is 0.263 e. The van der Waals surface area contributed by atoms with Crippen molar-refractivity contribution in [1.29, 1.82) is 0 Å². The Kier molecular flexibility index (Phi) is 7.49. The largest absolute Gasteiger partial charge is 0.376 e. The first-order valence-corrected chi connectivity index (χ1v) is 14.3. The summed E-state index contributed by atoms with van der Waals surface area (Å²) in [5.74, 6) is 0.339. The van der Waals surface area contributed by atoms with Crippen LogP contribution in [0.5, 0.6) is 0 Å². The predicted molar refractivity (Wildman–Crippen MR) is 153 cm³/mol. The van der Waals surface area contributed by atoms with Crippen molar-refractivity contribution >= 4 is 82.1 Å². The van der Waals surface area contributed by atoms with Crippen molar-refractivity contribution in [2.45, 2.75) is 4.90 Å². The fraction of sp³-hybridized carbons (Fsp3) is 0.0400. The Morgan fingerprint density at radius 1 is 0.921 bits per heavy atom. The Morgan fingerprint density at radius 3 is 2.50 bits per heavy atom. The molecule has 1 amide bonds. The summed E-state index contributed by atoms with van der Waals surface area (Å²) in [6.07, 6.45) is 3.00. The van der Waals surface area contributed by atoms with Crippen LogP contribution in [0.1, 0.15) is 0 Å². The van der Waals surface area contributed by atoms with Crippen molar-refractivity contribution in [3.05, 3.63) is 89.1 Å². The molecule has 10 nitrogen and oxygen atoms in total. The van der Waals surface area contributed by atoms with Crippen molar-refractivity contribution in [3.63, 3.8) is 0 Å². The fourth-order valence-electron chi connectivity index (χ4n) is 3.52. The molecule has 0 aliphatic heterocycles. The lowest BCUT2D eigenvalue weighted by Crippen LogP contribution is -2.21. The molecule has 0 unspecified atom stereocenters. The number of benzene rings is 3. The highest BCUT2D eigenvalue weighted by Gasteiger charge is 2.15. The van der Waals surface area contributed by atoms with Crippen molar-refractivity contribution in [3.8, 4) is 0 Å². The van der Waals surface area contributed by atoms with Gasteiger partial charge in [-0.15, -0.1) is 11.3 Å². The first kappa shape index (κ1) is 25.6. The summed E-state index contributed by atoms with van der Waals surface area (Å²) < 4.78 is 28.3. The van der Waals surface area contributed by atoms with Gasteiger partial charge in [-0.1, -0.05) is 22.0 Å². The molecular formula is C25H20BrN7O3S2. The van der Waals surface area contributed by atoms with Gasteiger partial charge in [0.2, 0.25) is 5.91 Å². The van der Waals surface area contributed by atoms with E-state index >= 15 is 0 Å². The molecule has 2 heterocycles. The number of nitrogens with zero attached hydrogens (tertiary/aromatic N) is 3. The van der Waals surface area contributed by atoms with E-state index in [1.54, 1.807) is 23.6 Å². The molecule has 0 bridgehead atoms. The smallest absolute Gasteiger partial charge is 0.263 e. The van der Waals surface area contributed by atoms with Crippen LogP contribution >= 0.6 is 27.3 Å². The summed E-state index contributed by atoms with van der Waals surface area (Å²) in [5, 5.41) is 11.9. The third kappa shape index (κ3) is 6.25. The third-order valence-corrected chi connectivity index (χ3v) is 7.94. The molecule has 192 valence electrons. The van der Waals surface area contributed by atoms with Gasteiger partial charge in [-0.3, -0.25) is 9.52 Å². The molecular weight excluding hydrogens is 590 g/mol. The highest BCUT2D eigenvalue weighted by Crippen LogP contribution is 2.27. The van der Waals surface area contributed by atoms with Crippen LogP contribution in [0.25, 0.3) is 10.9 Å². The predicted octanol–water partition coefficient (Wildman–Crippen LogP) is 5.44. The SMILES string of the molecule is O=C(CNc1ccc(S(=O)(=O)Nc2nccs2)cc1)Nc1ccc2ncnc(Nc3cccc(Br)c3)c2c1. The number of fused-ring (bicyclic) bond motifs is 1. The van der Waals surface area contributed by atoms with Crippen molar-refractivity contribution < 1.29 is 13.2 Å². The highest BCUT2D eigenvalue weighted by molar-refractivity contribution is 9.10. The number of carbonyl (C=O) groups is 1. The molecule has 5 rings (SSSR count). The Hall–Kier alpha value is -4.07. The average molecular weight is 611 g/mol. The Balaban J connectivity index is 1.22. The zero-order valence-electron chi connectivity index (χ0n) is 19.6. The van der Waals surface area contributed by atoms with Crippen LogP contribution in [-0.2, 0) is 14.8 Å². The number of thiazole rings is 1. The maximum atomic E-state index is 12.6. The first-order chi connectivity index (χ1) is 18.4. The minimum Gasteiger partial charge on any atom is -0.376 e. The lowest BCUT2D eigenvalue weighted by Gasteiger charge is -2.11. The monoisotopic (exact) mass is 609 g/mol. The molecule has 4 N–H and O–H groups in total. The molecule has 0 saturated heterocycles. The van der Waals surface area contributed by atoms with Gasteiger partial charge < -0.3 is 16.0 Å². The van der Waals surface area contributed by atoms with E-state index in [1.807, 2.05) is 36.4 Å². The second-order valence-corrected chi connectivity index (χ2v) is 11.5. The zero-order valence-corrected chi connectivity index (χ0v) is 22.8. The van der Waals surface area contributed by atoms with E-state index in [9.17, 15) is 13.2 Å². The van der Waals surface area contributed by atoms with Gasteiger partial charge in [0.15, 0.2) is 5.13 Å². The molecule has 0 atom stereocenters. The molecule has 38 heavy (non-hydrogen) atoms. The Labute approximate surface area is 230 Å². The van der Waals surface area contributed by atoms with Crippen molar-refractivity contribution in [2.24, 2.45) is 0 Å². The summed E-state index contributed by atoms with van der Waals surface area (Å²) in [6, 6.07) is 19.2. The van der Waals surface area contributed by atoms with Gasteiger partial charge in [0.1, 0.15) is 12.1 Å². The van der Waals surface area contributed by atoms with Crippen molar-refractivity contribution in [1.82, 2.24) is 15.0 Å². The van der Waals surface area contributed by atoms with Gasteiger partial charge in [0.05, 0.1) is 17.0 Å². The van der Waals surface area contributed by atoms with E-state index in [0.29, 0.717) is 22.3 Å². The number of aromatic nitrogens is 3. The minimum absolute atomic E-state index is 0.0179. The van der Waals surface area contributed by atoms with Gasteiger partial charge in [-0.05, 0) is 60.7 Å². The molecule has 5 aromatic rings. The summed E-state index contributed by atoms with van der Waals surface area (Å²) in [5.41, 5.74) is 2.77. The lowest BCUT2D eigenvalue weighted by atomic mass is 10.2. The van der Waals surface area contributed by atoms with Crippen LogP contribution in [0.3, 0.4) is 0 Å². The number of sulfonamides is 1.